The number of allylic oxidation sites excluding steroid dienone is 1. The zero-order valence-electron chi connectivity index (χ0n) is 16.9. The number of carbonyl (C=O) groups excluding carboxylic acids is 3. The van der Waals surface area contributed by atoms with Crippen molar-refractivity contribution in [1.82, 2.24) is 19.6 Å². The maximum Gasteiger partial charge on any atom is 0.328 e. The van der Waals surface area contributed by atoms with Crippen molar-refractivity contribution in [3.63, 3.8) is 0 Å². The average Bonchev–Trinajstić information content (AvgIpc) is 3.25. The number of amides is 3. The number of carbonyl (C=O) groups is 3. The van der Waals surface area contributed by atoms with Crippen LogP contribution in [0.2, 0.25) is 0 Å². The molecule has 4 rings (SSSR count). The molecule has 2 unspecified atom stereocenters. The molecule has 3 aliphatic rings. The Bertz CT molecular complexity index is 957. The molecule has 1 fully saturated rings. The first-order valence-corrected chi connectivity index (χ1v) is 9.63. The van der Waals surface area contributed by atoms with Crippen LogP contribution in [0.15, 0.2) is 59.9 Å². The van der Waals surface area contributed by atoms with E-state index in [1.165, 1.54) is 4.90 Å². The van der Waals surface area contributed by atoms with Crippen LogP contribution in [-0.4, -0.2) is 75.8 Å². The third-order valence-corrected chi connectivity index (χ3v) is 5.34. The van der Waals surface area contributed by atoms with Gasteiger partial charge in [0.2, 0.25) is 5.96 Å². The Hall–Kier alpha value is -3.62. The summed E-state index contributed by atoms with van der Waals surface area (Å²) in [5.74, 6) is -0.514. The van der Waals surface area contributed by atoms with E-state index in [4.69, 9.17) is 4.74 Å². The fourth-order valence-corrected chi connectivity index (χ4v) is 3.81. The van der Waals surface area contributed by atoms with Crippen molar-refractivity contribution in [2.75, 3.05) is 20.1 Å². The number of urea groups is 1. The van der Waals surface area contributed by atoms with E-state index in [2.05, 4.69) is 11.6 Å². The molecule has 1 saturated heterocycles. The number of aliphatic imine (C=N–C) groups is 1. The van der Waals surface area contributed by atoms with Crippen LogP contribution in [0.3, 0.4) is 0 Å². The molecule has 0 saturated carbocycles. The molecule has 0 bridgehead atoms. The second-order valence-electron chi connectivity index (χ2n) is 7.33. The predicted octanol–water partition coefficient (Wildman–Crippen LogP) is 1.35. The summed E-state index contributed by atoms with van der Waals surface area (Å²) in [7, 11) is 1.58. The van der Waals surface area contributed by atoms with Gasteiger partial charge in [-0.2, -0.15) is 0 Å². The molecule has 0 spiro atoms. The van der Waals surface area contributed by atoms with Crippen molar-refractivity contribution in [3.8, 4) is 0 Å². The van der Waals surface area contributed by atoms with Gasteiger partial charge in [0, 0.05) is 25.5 Å². The van der Waals surface area contributed by atoms with Gasteiger partial charge < -0.3 is 19.4 Å². The smallest absolute Gasteiger partial charge is 0.328 e. The molecule has 9 heteroatoms. The number of esters is 1. The Labute approximate surface area is 174 Å². The third-order valence-electron chi connectivity index (χ3n) is 5.34. The van der Waals surface area contributed by atoms with Gasteiger partial charge in [-0.25, -0.2) is 9.79 Å². The fourth-order valence-electron chi connectivity index (χ4n) is 3.81. The number of hydrogen-bond acceptors (Lipinski definition) is 7. The van der Waals surface area contributed by atoms with Crippen molar-refractivity contribution in [2.24, 2.45) is 4.99 Å². The molecule has 0 N–H and O–H groups in total. The molecule has 2 atom stereocenters. The zero-order chi connectivity index (χ0) is 21.4. The van der Waals surface area contributed by atoms with E-state index in [0.717, 1.165) is 16.2 Å². The summed E-state index contributed by atoms with van der Waals surface area (Å²) in [4.78, 5) is 48.9. The van der Waals surface area contributed by atoms with Crippen LogP contribution in [0.4, 0.5) is 4.79 Å². The molecule has 0 radical (unpaired) electrons. The van der Waals surface area contributed by atoms with Crippen molar-refractivity contribution in [1.29, 1.82) is 0 Å². The zero-order valence-corrected chi connectivity index (χ0v) is 16.9. The summed E-state index contributed by atoms with van der Waals surface area (Å²) in [6.45, 7) is 5.85. The van der Waals surface area contributed by atoms with Crippen LogP contribution in [0.5, 0.6) is 0 Å². The number of ether oxygens (including phenoxy) is 1. The van der Waals surface area contributed by atoms with E-state index in [1.807, 2.05) is 48.4 Å². The number of fused-ring (bicyclic) bond motifs is 3. The maximum absolute atomic E-state index is 13.2. The lowest BCUT2D eigenvalue weighted by Crippen LogP contribution is -2.65. The number of imide groups is 1. The molecule has 9 nitrogen and oxygen atoms in total. The first-order valence-electron chi connectivity index (χ1n) is 9.63. The maximum atomic E-state index is 13.2. The SMILES string of the molecule is C=CCN1C(C)=CN2C1=NC1C2C(=O)N(CC(=O)OCc2ccccc2)C(=O)N1C. The van der Waals surface area contributed by atoms with Crippen molar-refractivity contribution < 1.29 is 19.1 Å². The van der Waals surface area contributed by atoms with Gasteiger partial charge in [-0.1, -0.05) is 36.4 Å². The largest absolute Gasteiger partial charge is 0.459 e. The van der Waals surface area contributed by atoms with E-state index < -0.39 is 36.7 Å². The van der Waals surface area contributed by atoms with Crippen LogP contribution in [-0.2, 0) is 20.9 Å². The van der Waals surface area contributed by atoms with E-state index in [9.17, 15) is 14.4 Å². The molecule has 0 aromatic heterocycles. The average molecular weight is 409 g/mol. The number of nitrogens with zero attached hydrogens (tertiary/aromatic N) is 5. The number of benzene rings is 1. The van der Waals surface area contributed by atoms with Gasteiger partial charge in [0.25, 0.3) is 5.91 Å². The van der Waals surface area contributed by atoms with Gasteiger partial charge in [0.15, 0.2) is 12.2 Å². The molecule has 1 aromatic rings. The first kappa shape index (κ1) is 19.7. The second-order valence-corrected chi connectivity index (χ2v) is 7.33. The highest BCUT2D eigenvalue weighted by atomic mass is 16.5. The molecule has 30 heavy (non-hydrogen) atoms. The highest BCUT2D eigenvalue weighted by Gasteiger charge is 2.54. The van der Waals surface area contributed by atoms with E-state index in [0.29, 0.717) is 12.5 Å². The van der Waals surface area contributed by atoms with Gasteiger partial charge in [-0.3, -0.25) is 14.5 Å². The van der Waals surface area contributed by atoms with Gasteiger partial charge in [0.05, 0.1) is 0 Å². The number of rotatable bonds is 6. The lowest BCUT2D eigenvalue weighted by atomic mass is 10.1. The normalized spacial score (nSPS) is 22.6. The Balaban J connectivity index is 1.48. The lowest BCUT2D eigenvalue weighted by molar-refractivity contribution is -0.151. The van der Waals surface area contributed by atoms with Gasteiger partial charge in [-0.05, 0) is 12.5 Å². The lowest BCUT2D eigenvalue weighted by Gasteiger charge is -2.39. The predicted molar refractivity (Wildman–Crippen MR) is 109 cm³/mol. The van der Waals surface area contributed by atoms with Crippen molar-refractivity contribution >= 4 is 23.9 Å². The van der Waals surface area contributed by atoms with Gasteiger partial charge >= 0.3 is 12.0 Å². The minimum Gasteiger partial charge on any atom is -0.459 e. The molecule has 3 amide bonds. The molecule has 1 aromatic carbocycles. The van der Waals surface area contributed by atoms with Crippen LogP contribution < -0.4 is 0 Å². The Morgan fingerprint density at radius 3 is 2.67 bits per heavy atom. The monoisotopic (exact) mass is 409 g/mol. The summed E-state index contributed by atoms with van der Waals surface area (Å²) in [6.07, 6.45) is 2.94. The molecular formula is C21H23N5O4. The van der Waals surface area contributed by atoms with E-state index in [-0.39, 0.29) is 6.61 Å². The number of likely N-dealkylation sites (N-methyl/N-ethyl adjacent to an activating group) is 1. The molecule has 3 aliphatic heterocycles. The Kier molecular flexibility index (Phi) is 5.03. The third kappa shape index (κ3) is 3.22. The number of hydrogen-bond donors (Lipinski definition) is 0. The highest BCUT2D eigenvalue weighted by molar-refractivity contribution is 6.06. The minimum atomic E-state index is -0.714. The fraction of sp³-hybridized carbons (Fsp3) is 0.333. The number of guanidine groups is 1. The highest BCUT2D eigenvalue weighted by Crippen LogP contribution is 2.33. The molecule has 0 aliphatic carbocycles. The summed E-state index contributed by atoms with van der Waals surface area (Å²) in [5, 5.41) is 0. The first-order chi connectivity index (χ1) is 14.4. The van der Waals surface area contributed by atoms with E-state index >= 15 is 0 Å². The summed E-state index contributed by atoms with van der Waals surface area (Å²) < 4.78 is 5.25. The minimum absolute atomic E-state index is 0.0790. The van der Waals surface area contributed by atoms with E-state index in [1.54, 1.807) is 18.0 Å². The quantitative estimate of drug-likeness (QED) is 0.521. The summed E-state index contributed by atoms with van der Waals surface area (Å²) >= 11 is 0. The second kappa shape index (κ2) is 7.66. The standard InChI is InChI=1S/C21H23N5O4/c1-4-10-24-14(2)11-25-17-18(22-20(24)25)23(3)21(29)26(19(17)28)12-16(27)30-13-15-8-6-5-7-9-15/h4-9,11,17-18H,1,10,12-13H2,2-3H3. The molecule has 156 valence electrons. The van der Waals surface area contributed by atoms with Crippen LogP contribution >= 0.6 is 0 Å². The van der Waals surface area contributed by atoms with Crippen LogP contribution in [0.25, 0.3) is 0 Å². The van der Waals surface area contributed by atoms with Gasteiger partial charge in [0.1, 0.15) is 13.2 Å². The van der Waals surface area contributed by atoms with Crippen molar-refractivity contribution in [2.45, 2.75) is 25.7 Å². The molecular weight excluding hydrogens is 386 g/mol. The Morgan fingerprint density at radius 1 is 1.23 bits per heavy atom. The summed E-state index contributed by atoms with van der Waals surface area (Å²) in [6, 6.07) is 7.93. The van der Waals surface area contributed by atoms with Gasteiger partial charge in [-0.15, -0.1) is 6.58 Å². The van der Waals surface area contributed by atoms with Crippen LogP contribution in [0.1, 0.15) is 12.5 Å². The topological polar surface area (TPSA) is 85.8 Å². The van der Waals surface area contributed by atoms with Crippen LogP contribution in [0, 0.1) is 0 Å². The molecule has 3 heterocycles. The Morgan fingerprint density at radius 2 is 1.97 bits per heavy atom. The summed E-state index contributed by atoms with van der Waals surface area (Å²) in [5.41, 5.74) is 1.75. The van der Waals surface area contributed by atoms with Crippen molar-refractivity contribution in [3.05, 3.63) is 60.4 Å².